The summed E-state index contributed by atoms with van der Waals surface area (Å²) in [5.74, 6) is 6.11. The molecule has 1 aromatic carbocycles. The summed E-state index contributed by atoms with van der Waals surface area (Å²) in [7, 11) is 1.69. The van der Waals surface area contributed by atoms with Gasteiger partial charge in [-0.1, -0.05) is 37.3 Å². The van der Waals surface area contributed by atoms with Crippen molar-refractivity contribution in [2.75, 3.05) is 20.3 Å². The van der Waals surface area contributed by atoms with Crippen LogP contribution in [0, 0.1) is 0 Å². The Bertz CT molecular complexity index is 367. The van der Waals surface area contributed by atoms with Crippen LogP contribution in [0.25, 0.3) is 0 Å². The van der Waals surface area contributed by atoms with Crippen LogP contribution in [0.4, 0.5) is 0 Å². The number of aliphatic imine (C=N–C) groups is 1. The highest BCUT2D eigenvalue weighted by Crippen LogP contribution is 2.15. The van der Waals surface area contributed by atoms with Gasteiger partial charge in [0, 0.05) is 20.3 Å². The molecule has 1 atom stereocenters. The summed E-state index contributed by atoms with van der Waals surface area (Å²) < 4.78 is 4.99. The summed E-state index contributed by atoms with van der Waals surface area (Å²) >= 11 is 0. The van der Waals surface area contributed by atoms with Crippen molar-refractivity contribution in [2.45, 2.75) is 25.8 Å². The summed E-state index contributed by atoms with van der Waals surface area (Å²) in [5, 5.41) is 3.32. The van der Waals surface area contributed by atoms with Gasteiger partial charge < -0.3 is 10.1 Å². The fourth-order valence-corrected chi connectivity index (χ4v) is 1.80. The molecular formula is C14H24N4O. The van der Waals surface area contributed by atoms with Crippen molar-refractivity contribution < 1.29 is 4.74 Å². The van der Waals surface area contributed by atoms with Gasteiger partial charge in [0.25, 0.3) is 0 Å². The molecule has 0 aliphatic carbocycles. The van der Waals surface area contributed by atoms with E-state index in [0.29, 0.717) is 19.1 Å². The minimum Gasteiger partial charge on any atom is -0.385 e. The molecule has 1 rings (SSSR count). The molecule has 0 spiro atoms. The van der Waals surface area contributed by atoms with Crippen molar-refractivity contribution in [1.82, 2.24) is 10.7 Å². The average molecular weight is 264 g/mol. The summed E-state index contributed by atoms with van der Waals surface area (Å²) in [5.41, 5.74) is 3.84. The second-order valence-corrected chi connectivity index (χ2v) is 4.24. The summed E-state index contributed by atoms with van der Waals surface area (Å²) in [4.78, 5) is 4.38. The number of ether oxygens (including phenoxy) is 1. The van der Waals surface area contributed by atoms with E-state index in [-0.39, 0.29) is 6.04 Å². The van der Waals surface area contributed by atoms with Crippen molar-refractivity contribution in [1.29, 1.82) is 0 Å². The number of methoxy groups -OCH3 is 1. The Morgan fingerprint density at radius 1 is 1.37 bits per heavy atom. The number of benzene rings is 1. The SMILES string of the molecule is CCC(NC(=NCCCOC)NN)c1ccccc1. The third-order valence-corrected chi connectivity index (χ3v) is 2.83. The Balaban J connectivity index is 2.57. The molecule has 106 valence electrons. The van der Waals surface area contributed by atoms with Crippen LogP contribution >= 0.6 is 0 Å². The standard InChI is InChI=1S/C14H24N4O/c1-3-13(12-8-5-4-6-9-12)17-14(18-15)16-10-7-11-19-2/h4-6,8-9,13H,3,7,10-11,15H2,1-2H3,(H2,16,17,18). The Hall–Kier alpha value is -1.59. The van der Waals surface area contributed by atoms with Gasteiger partial charge >= 0.3 is 0 Å². The van der Waals surface area contributed by atoms with Crippen molar-refractivity contribution in [3.63, 3.8) is 0 Å². The van der Waals surface area contributed by atoms with Crippen molar-refractivity contribution >= 4 is 5.96 Å². The number of hydrogen-bond donors (Lipinski definition) is 3. The van der Waals surface area contributed by atoms with E-state index >= 15 is 0 Å². The molecule has 0 amide bonds. The Morgan fingerprint density at radius 2 is 2.11 bits per heavy atom. The molecule has 1 unspecified atom stereocenters. The van der Waals surface area contributed by atoms with Crippen LogP contribution in [-0.4, -0.2) is 26.2 Å². The molecule has 0 aliphatic rings. The maximum Gasteiger partial charge on any atom is 0.206 e. The van der Waals surface area contributed by atoms with E-state index in [1.807, 2.05) is 18.2 Å². The first-order valence-corrected chi connectivity index (χ1v) is 6.63. The van der Waals surface area contributed by atoms with Gasteiger partial charge in [-0.2, -0.15) is 0 Å². The van der Waals surface area contributed by atoms with Crippen molar-refractivity contribution in [3.8, 4) is 0 Å². The number of nitrogens with two attached hydrogens (primary N) is 1. The van der Waals surface area contributed by atoms with Crippen LogP contribution in [0.3, 0.4) is 0 Å². The average Bonchev–Trinajstić information content (AvgIpc) is 2.47. The molecule has 0 aliphatic heterocycles. The largest absolute Gasteiger partial charge is 0.385 e. The van der Waals surface area contributed by atoms with Crippen LogP contribution < -0.4 is 16.6 Å². The van der Waals surface area contributed by atoms with Crippen LogP contribution in [0.5, 0.6) is 0 Å². The van der Waals surface area contributed by atoms with Gasteiger partial charge in [-0.05, 0) is 18.4 Å². The van der Waals surface area contributed by atoms with E-state index in [1.165, 1.54) is 5.56 Å². The Morgan fingerprint density at radius 3 is 2.68 bits per heavy atom. The lowest BCUT2D eigenvalue weighted by Crippen LogP contribution is -2.43. The summed E-state index contributed by atoms with van der Waals surface area (Å²) in [6.07, 6.45) is 1.84. The van der Waals surface area contributed by atoms with E-state index in [0.717, 1.165) is 12.8 Å². The quantitative estimate of drug-likeness (QED) is 0.230. The highest BCUT2D eigenvalue weighted by atomic mass is 16.5. The number of hydrazine groups is 1. The molecule has 19 heavy (non-hydrogen) atoms. The fourth-order valence-electron chi connectivity index (χ4n) is 1.80. The smallest absolute Gasteiger partial charge is 0.206 e. The van der Waals surface area contributed by atoms with Gasteiger partial charge in [0.15, 0.2) is 0 Å². The molecule has 0 bridgehead atoms. The lowest BCUT2D eigenvalue weighted by atomic mass is 10.1. The molecule has 4 N–H and O–H groups in total. The zero-order valence-corrected chi connectivity index (χ0v) is 11.7. The van der Waals surface area contributed by atoms with Crippen LogP contribution in [0.15, 0.2) is 35.3 Å². The van der Waals surface area contributed by atoms with Crippen LogP contribution in [0.2, 0.25) is 0 Å². The monoisotopic (exact) mass is 264 g/mol. The predicted molar refractivity (Wildman–Crippen MR) is 78.7 cm³/mol. The normalized spacial score (nSPS) is 13.1. The molecule has 0 heterocycles. The first kappa shape index (κ1) is 15.5. The van der Waals surface area contributed by atoms with Crippen molar-refractivity contribution in [3.05, 3.63) is 35.9 Å². The van der Waals surface area contributed by atoms with Crippen molar-refractivity contribution in [2.24, 2.45) is 10.8 Å². The number of nitrogens with zero attached hydrogens (tertiary/aromatic N) is 1. The predicted octanol–water partition coefficient (Wildman–Crippen LogP) is 1.58. The zero-order chi connectivity index (χ0) is 13.9. The molecule has 1 aromatic rings. The van der Waals surface area contributed by atoms with Gasteiger partial charge in [-0.25, -0.2) is 5.84 Å². The van der Waals surface area contributed by atoms with E-state index in [9.17, 15) is 0 Å². The third kappa shape index (κ3) is 5.72. The highest BCUT2D eigenvalue weighted by Gasteiger charge is 2.09. The molecule has 0 aromatic heterocycles. The van der Waals surface area contributed by atoms with E-state index in [4.69, 9.17) is 10.6 Å². The first-order valence-electron chi connectivity index (χ1n) is 6.63. The van der Waals surface area contributed by atoms with E-state index in [1.54, 1.807) is 7.11 Å². The summed E-state index contributed by atoms with van der Waals surface area (Å²) in [6.45, 7) is 3.52. The lowest BCUT2D eigenvalue weighted by molar-refractivity contribution is 0.197. The fraction of sp³-hybridized carbons (Fsp3) is 0.500. The third-order valence-electron chi connectivity index (χ3n) is 2.83. The minimum atomic E-state index is 0.207. The minimum absolute atomic E-state index is 0.207. The topological polar surface area (TPSA) is 71.7 Å². The maximum atomic E-state index is 5.49. The highest BCUT2D eigenvalue weighted by molar-refractivity contribution is 5.79. The Kier molecular flexibility index (Phi) is 7.62. The lowest BCUT2D eigenvalue weighted by Gasteiger charge is -2.19. The molecule has 0 radical (unpaired) electrons. The first-order chi connectivity index (χ1) is 9.31. The molecular weight excluding hydrogens is 240 g/mol. The molecule has 5 heteroatoms. The van der Waals surface area contributed by atoms with Gasteiger partial charge in [0.1, 0.15) is 0 Å². The molecule has 0 saturated heterocycles. The Labute approximate surface area is 115 Å². The number of hydrogen-bond acceptors (Lipinski definition) is 3. The van der Waals surface area contributed by atoms with Crippen LogP contribution in [0.1, 0.15) is 31.4 Å². The second kappa shape index (κ2) is 9.35. The van der Waals surface area contributed by atoms with E-state index < -0.39 is 0 Å². The molecule has 5 nitrogen and oxygen atoms in total. The number of nitrogens with one attached hydrogen (secondary N) is 2. The molecule has 0 saturated carbocycles. The van der Waals surface area contributed by atoms with Gasteiger partial charge in [0.2, 0.25) is 5.96 Å². The zero-order valence-electron chi connectivity index (χ0n) is 11.7. The number of guanidine groups is 1. The number of rotatable bonds is 7. The van der Waals surface area contributed by atoms with Gasteiger partial charge in [0.05, 0.1) is 6.04 Å². The van der Waals surface area contributed by atoms with Crippen LogP contribution in [-0.2, 0) is 4.74 Å². The summed E-state index contributed by atoms with van der Waals surface area (Å²) in [6, 6.07) is 10.5. The van der Waals surface area contributed by atoms with E-state index in [2.05, 4.69) is 34.8 Å². The van der Waals surface area contributed by atoms with Gasteiger partial charge in [-0.3, -0.25) is 10.4 Å². The van der Waals surface area contributed by atoms with Gasteiger partial charge in [-0.15, -0.1) is 0 Å². The maximum absolute atomic E-state index is 5.49. The second-order valence-electron chi connectivity index (χ2n) is 4.24. The molecule has 0 fully saturated rings.